The maximum absolute atomic E-state index is 11.8. The normalized spacial score (nSPS) is 20.7. The molecular weight excluding hydrogens is 358 g/mol. The highest BCUT2D eigenvalue weighted by Gasteiger charge is 2.25. The zero-order valence-electron chi connectivity index (χ0n) is 16.4. The number of aliphatic imine (C=N–C) groups is 1. The lowest BCUT2D eigenvalue weighted by Gasteiger charge is -2.28. The third-order valence-electron chi connectivity index (χ3n) is 5.18. The van der Waals surface area contributed by atoms with Crippen molar-refractivity contribution < 1.29 is 4.79 Å². The largest absolute Gasteiger partial charge is 0.370 e. The van der Waals surface area contributed by atoms with Crippen molar-refractivity contribution >= 4 is 29.3 Å². The Morgan fingerprint density at radius 3 is 2.63 bits per heavy atom. The molecule has 1 aromatic rings. The van der Waals surface area contributed by atoms with Crippen LogP contribution in [0.5, 0.6) is 0 Å². The quantitative estimate of drug-likeness (QED) is 0.595. The van der Waals surface area contributed by atoms with Gasteiger partial charge in [-0.25, -0.2) is 0 Å². The van der Waals surface area contributed by atoms with E-state index < -0.39 is 0 Å². The van der Waals surface area contributed by atoms with Gasteiger partial charge in [-0.1, -0.05) is 19.1 Å². The molecule has 1 atom stereocenters. The number of guanidine groups is 1. The Morgan fingerprint density at radius 2 is 1.96 bits per heavy atom. The molecule has 0 spiro atoms. The minimum Gasteiger partial charge on any atom is -0.370 e. The minimum absolute atomic E-state index is 0.231. The first kappa shape index (κ1) is 19.9. The van der Waals surface area contributed by atoms with E-state index in [1.807, 2.05) is 23.6 Å². The molecule has 0 aromatic heterocycles. The second-order valence-corrected chi connectivity index (χ2v) is 8.24. The summed E-state index contributed by atoms with van der Waals surface area (Å²) >= 11 is 2.03. The monoisotopic (exact) mass is 389 g/mol. The zero-order valence-corrected chi connectivity index (χ0v) is 17.2. The number of rotatable bonds is 5. The van der Waals surface area contributed by atoms with Crippen LogP contribution >= 0.6 is 11.8 Å². The highest BCUT2D eigenvalue weighted by atomic mass is 32.2. The Hall–Kier alpha value is -1.89. The van der Waals surface area contributed by atoms with E-state index in [4.69, 9.17) is 0 Å². The van der Waals surface area contributed by atoms with Gasteiger partial charge in [0.2, 0.25) is 5.91 Å². The number of likely N-dealkylation sites (tertiary alicyclic amines) is 1. The van der Waals surface area contributed by atoms with Gasteiger partial charge in [-0.15, -0.1) is 0 Å². The molecule has 0 bridgehead atoms. The number of carbonyl (C=O) groups is 1. The number of hydrogen-bond donors (Lipinski definition) is 2. The van der Waals surface area contributed by atoms with Crippen LogP contribution in [0.15, 0.2) is 29.3 Å². The molecule has 2 heterocycles. The van der Waals surface area contributed by atoms with Gasteiger partial charge in [-0.05, 0) is 24.1 Å². The smallest absolute Gasteiger partial charge is 0.222 e. The van der Waals surface area contributed by atoms with Gasteiger partial charge in [0.1, 0.15) is 0 Å². The van der Waals surface area contributed by atoms with Crippen LogP contribution in [-0.2, 0) is 11.3 Å². The van der Waals surface area contributed by atoms with Gasteiger partial charge < -0.3 is 20.4 Å². The number of benzene rings is 1. The van der Waals surface area contributed by atoms with Crippen LogP contribution in [0.25, 0.3) is 0 Å². The molecule has 0 saturated carbocycles. The standard InChI is InChI=1S/C20H31N5OS/c1-3-19(26)25-9-8-17(15-25)23-20(21-2)22-14-16-4-6-18(7-5-16)24-10-12-27-13-11-24/h4-7,17H,3,8-15H2,1-2H3,(H2,21,22,23). The van der Waals surface area contributed by atoms with E-state index in [1.165, 1.54) is 22.8 Å². The number of anilines is 1. The average Bonchev–Trinajstić information content (AvgIpc) is 3.20. The van der Waals surface area contributed by atoms with Gasteiger partial charge in [0.25, 0.3) is 0 Å². The van der Waals surface area contributed by atoms with Gasteiger partial charge in [0.05, 0.1) is 0 Å². The fourth-order valence-electron chi connectivity index (χ4n) is 3.55. The number of hydrogen-bond acceptors (Lipinski definition) is 4. The van der Waals surface area contributed by atoms with Crippen molar-refractivity contribution in [2.24, 2.45) is 4.99 Å². The summed E-state index contributed by atoms with van der Waals surface area (Å²) in [6.07, 6.45) is 1.54. The van der Waals surface area contributed by atoms with Gasteiger partial charge in [-0.2, -0.15) is 11.8 Å². The van der Waals surface area contributed by atoms with E-state index in [9.17, 15) is 4.79 Å². The summed E-state index contributed by atoms with van der Waals surface area (Å²) < 4.78 is 0. The molecule has 0 radical (unpaired) electrons. The molecule has 2 N–H and O–H groups in total. The molecule has 7 heteroatoms. The molecule has 2 fully saturated rings. The maximum Gasteiger partial charge on any atom is 0.222 e. The molecule has 27 heavy (non-hydrogen) atoms. The molecule has 148 valence electrons. The fraction of sp³-hybridized carbons (Fsp3) is 0.600. The summed E-state index contributed by atoms with van der Waals surface area (Å²) in [4.78, 5) is 20.5. The summed E-state index contributed by atoms with van der Waals surface area (Å²) in [6.45, 7) is 6.52. The molecule has 6 nitrogen and oxygen atoms in total. The lowest BCUT2D eigenvalue weighted by Crippen LogP contribution is -2.44. The predicted molar refractivity (Wildman–Crippen MR) is 115 cm³/mol. The van der Waals surface area contributed by atoms with Crippen molar-refractivity contribution in [1.82, 2.24) is 15.5 Å². The molecule has 2 saturated heterocycles. The molecule has 0 aliphatic carbocycles. The summed E-state index contributed by atoms with van der Waals surface area (Å²) in [6, 6.07) is 9.08. The van der Waals surface area contributed by atoms with Crippen LogP contribution in [0.3, 0.4) is 0 Å². The Bertz CT molecular complexity index is 642. The van der Waals surface area contributed by atoms with E-state index in [2.05, 4.69) is 44.8 Å². The lowest BCUT2D eigenvalue weighted by atomic mass is 10.2. The average molecular weight is 390 g/mol. The number of amides is 1. The Labute approximate surface area is 166 Å². The molecule has 1 amide bonds. The van der Waals surface area contributed by atoms with Crippen molar-refractivity contribution in [2.75, 3.05) is 49.6 Å². The first-order valence-corrected chi connectivity index (χ1v) is 11.0. The van der Waals surface area contributed by atoms with Gasteiger partial charge in [-0.3, -0.25) is 9.79 Å². The van der Waals surface area contributed by atoms with Crippen LogP contribution in [0.1, 0.15) is 25.3 Å². The minimum atomic E-state index is 0.231. The third-order valence-corrected chi connectivity index (χ3v) is 6.12. The van der Waals surface area contributed by atoms with Crippen molar-refractivity contribution in [3.8, 4) is 0 Å². The predicted octanol–water partition coefficient (Wildman–Crippen LogP) is 1.92. The van der Waals surface area contributed by atoms with Gasteiger partial charge >= 0.3 is 0 Å². The van der Waals surface area contributed by atoms with Crippen LogP contribution in [-0.4, -0.2) is 67.5 Å². The van der Waals surface area contributed by atoms with E-state index >= 15 is 0 Å². The van der Waals surface area contributed by atoms with Crippen LogP contribution in [0.2, 0.25) is 0 Å². The van der Waals surface area contributed by atoms with Crippen molar-refractivity contribution in [3.63, 3.8) is 0 Å². The number of carbonyl (C=O) groups excluding carboxylic acids is 1. The highest BCUT2D eigenvalue weighted by molar-refractivity contribution is 7.99. The summed E-state index contributed by atoms with van der Waals surface area (Å²) in [5, 5.41) is 6.83. The van der Waals surface area contributed by atoms with Crippen molar-refractivity contribution in [3.05, 3.63) is 29.8 Å². The van der Waals surface area contributed by atoms with E-state index in [0.29, 0.717) is 6.42 Å². The second-order valence-electron chi connectivity index (χ2n) is 7.01. The topological polar surface area (TPSA) is 60.0 Å². The van der Waals surface area contributed by atoms with E-state index in [0.717, 1.165) is 45.1 Å². The molecule has 1 aromatic carbocycles. The zero-order chi connectivity index (χ0) is 19.1. The molecular formula is C20H31N5OS. The maximum atomic E-state index is 11.8. The Balaban J connectivity index is 1.46. The first-order valence-electron chi connectivity index (χ1n) is 9.86. The molecule has 3 rings (SSSR count). The summed E-state index contributed by atoms with van der Waals surface area (Å²) in [5.74, 6) is 3.46. The molecule has 2 aliphatic heterocycles. The van der Waals surface area contributed by atoms with Crippen LogP contribution < -0.4 is 15.5 Å². The number of nitrogens with one attached hydrogen (secondary N) is 2. The van der Waals surface area contributed by atoms with Crippen molar-refractivity contribution in [1.29, 1.82) is 0 Å². The first-order chi connectivity index (χ1) is 13.2. The molecule has 2 aliphatic rings. The third kappa shape index (κ3) is 5.54. The molecule has 1 unspecified atom stereocenters. The summed E-state index contributed by atoms with van der Waals surface area (Å²) in [7, 11) is 1.79. The Kier molecular flexibility index (Phi) is 7.26. The van der Waals surface area contributed by atoms with Gasteiger partial charge in [0, 0.05) is 69.4 Å². The highest BCUT2D eigenvalue weighted by Crippen LogP contribution is 2.19. The lowest BCUT2D eigenvalue weighted by molar-refractivity contribution is -0.129. The van der Waals surface area contributed by atoms with Crippen LogP contribution in [0, 0.1) is 0 Å². The number of thioether (sulfide) groups is 1. The fourth-order valence-corrected chi connectivity index (χ4v) is 4.45. The Morgan fingerprint density at radius 1 is 1.22 bits per heavy atom. The van der Waals surface area contributed by atoms with Crippen molar-refractivity contribution in [2.45, 2.75) is 32.4 Å². The number of nitrogens with zero attached hydrogens (tertiary/aromatic N) is 3. The van der Waals surface area contributed by atoms with Gasteiger partial charge in [0.15, 0.2) is 5.96 Å². The SMILES string of the molecule is CCC(=O)N1CCC(NC(=NC)NCc2ccc(N3CCSCC3)cc2)C1. The van der Waals surface area contributed by atoms with E-state index in [-0.39, 0.29) is 11.9 Å². The van der Waals surface area contributed by atoms with Crippen LogP contribution in [0.4, 0.5) is 5.69 Å². The second kappa shape index (κ2) is 9.88. The summed E-state index contributed by atoms with van der Waals surface area (Å²) in [5.41, 5.74) is 2.55. The van der Waals surface area contributed by atoms with E-state index in [1.54, 1.807) is 7.05 Å².